The largest absolute Gasteiger partial charge is 0.508 e. The van der Waals surface area contributed by atoms with Crippen molar-refractivity contribution in [2.75, 3.05) is 0 Å². The number of phenols is 2. The van der Waals surface area contributed by atoms with Gasteiger partial charge in [0.1, 0.15) is 11.5 Å². The second-order valence-corrected chi connectivity index (χ2v) is 12.3. The summed E-state index contributed by atoms with van der Waals surface area (Å²) in [6.07, 6.45) is 0. The van der Waals surface area contributed by atoms with Gasteiger partial charge in [0.05, 0.1) is 0 Å². The normalized spacial score (nSPS) is 12.7. The summed E-state index contributed by atoms with van der Waals surface area (Å²) in [5.41, 5.74) is 4.72. The van der Waals surface area contributed by atoms with Crippen molar-refractivity contribution in [1.82, 2.24) is 0 Å². The molecule has 0 saturated carbocycles. The number of phenolic OH excluding ortho intramolecular Hbond substituents is 2. The molecular formula is C37H42O2. The molecule has 0 aliphatic heterocycles. The molecule has 1 unspecified atom stereocenters. The molecule has 39 heavy (non-hydrogen) atoms. The fourth-order valence-electron chi connectivity index (χ4n) is 5.68. The van der Waals surface area contributed by atoms with Crippen LogP contribution in [0.25, 0.3) is 32.7 Å². The Morgan fingerprint density at radius 1 is 0.590 bits per heavy atom. The van der Waals surface area contributed by atoms with Crippen LogP contribution in [0.4, 0.5) is 0 Å². The van der Waals surface area contributed by atoms with E-state index in [1.54, 1.807) is 12.1 Å². The Kier molecular flexibility index (Phi) is 7.80. The summed E-state index contributed by atoms with van der Waals surface area (Å²) in [6.45, 7) is 17.2. The second kappa shape index (κ2) is 10.8. The minimum Gasteiger partial charge on any atom is -0.508 e. The molecule has 0 radical (unpaired) electrons. The molecule has 202 valence electrons. The van der Waals surface area contributed by atoms with Crippen molar-refractivity contribution < 1.29 is 10.2 Å². The number of hydrogen-bond acceptors (Lipinski definition) is 2. The van der Waals surface area contributed by atoms with Crippen LogP contribution in [0.3, 0.4) is 0 Å². The number of aromatic hydroxyl groups is 2. The van der Waals surface area contributed by atoms with E-state index in [2.05, 4.69) is 108 Å². The smallest absolute Gasteiger partial charge is 0.123 e. The Balaban J connectivity index is 0.00000172. The van der Waals surface area contributed by atoms with Gasteiger partial charge < -0.3 is 10.2 Å². The van der Waals surface area contributed by atoms with Crippen molar-refractivity contribution in [1.29, 1.82) is 0 Å². The van der Waals surface area contributed by atoms with Crippen molar-refractivity contribution in [3.63, 3.8) is 0 Å². The molecule has 5 aromatic carbocycles. The molecule has 5 rings (SSSR count). The lowest BCUT2D eigenvalue weighted by Gasteiger charge is -2.36. The van der Waals surface area contributed by atoms with E-state index in [4.69, 9.17) is 0 Å². The van der Waals surface area contributed by atoms with Crippen molar-refractivity contribution in [2.24, 2.45) is 5.41 Å². The Bertz CT molecular complexity index is 1540. The summed E-state index contributed by atoms with van der Waals surface area (Å²) < 4.78 is 0. The topological polar surface area (TPSA) is 40.5 Å². The lowest BCUT2D eigenvalue weighted by atomic mass is 9.68. The zero-order chi connectivity index (χ0) is 28.5. The van der Waals surface area contributed by atoms with E-state index in [9.17, 15) is 10.2 Å². The van der Waals surface area contributed by atoms with E-state index in [-0.39, 0.29) is 22.5 Å². The fraction of sp³-hybridized carbons (Fsp3) is 0.297. The first-order chi connectivity index (χ1) is 18.4. The van der Waals surface area contributed by atoms with Crippen LogP contribution in [0.5, 0.6) is 11.5 Å². The molecule has 0 heterocycles. The molecule has 0 fully saturated rings. The van der Waals surface area contributed by atoms with Crippen molar-refractivity contribution >= 4 is 21.5 Å². The maximum absolute atomic E-state index is 11.9. The first kappa shape index (κ1) is 28.2. The highest BCUT2D eigenvalue weighted by Crippen LogP contribution is 2.51. The van der Waals surface area contributed by atoms with Crippen LogP contribution in [0.1, 0.15) is 78.0 Å². The van der Waals surface area contributed by atoms with Crippen LogP contribution in [0, 0.1) is 5.41 Å². The summed E-state index contributed by atoms with van der Waals surface area (Å²) >= 11 is 0. The van der Waals surface area contributed by atoms with E-state index < -0.39 is 0 Å². The molecule has 0 aliphatic carbocycles. The van der Waals surface area contributed by atoms with Gasteiger partial charge >= 0.3 is 0 Å². The lowest BCUT2D eigenvalue weighted by Crippen LogP contribution is -2.22. The number of hydrogen-bond donors (Lipinski definition) is 2. The molecule has 1 atom stereocenters. The Labute approximate surface area is 234 Å². The predicted molar refractivity (Wildman–Crippen MR) is 168 cm³/mol. The molecule has 2 heteroatoms. The average Bonchev–Trinajstić information content (AvgIpc) is 2.89. The lowest BCUT2D eigenvalue weighted by molar-refractivity contribution is 0.347. The third kappa shape index (κ3) is 5.52. The monoisotopic (exact) mass is 518 g/mol. The Hall–Kier alpha value is -3.78. The highest BCUT2D eigenvalue weighted by Gasteiger charge is 2.35. The summed E-state index contributed by atoms with van der Waals surface area (Å²) in [4.78, 5) is 0. The molecular weight excluding hydrogens is 476 g/mol. The summed E-state index contributed by atoms with van der Waals surface area (Å²) in [7, 11) is 0. The van der Waals surface area contributed by atoms with Crippen LogP contribution in [-0.4, -0.2) is 10.2 Å². The molecule has 2 nitrogen and oxygen atoms in total. The van der Waals surface area contributed by atoms with Crippen molar-refractivity contribution in [3.05, 3.63) is 108 Å². The maximum Gasteiger partial charge on any atom is 0.123 e. The zero-order valence-corrected chi connectivity index (χ0v) is 24.6. The molecule has 0 bridgehead atoms. The third-order valence-corrected chi connectivity index (χ3v) is 7.43. The molecule has 0 saturated heterocycles. The van der Waals surface area contributed by atoms with Gasteiger partial charge in [-0.15, -0.1) is 0 Å². The molecule has 0 spiro atoms. The van der Waals surface area contributed by atoms with Crippen LogP contribution < -0.4 is 0 Å². The van der Waals surface area contributed by atoms with Gasteiger partial charge in [-0.05, 0) is 79.4 Å². The predicted octanol–water partition coefficient (Wildman–Crippen LogP) is 10.6. The number of fused-ring (bicyclic) bond motifs is 2. The van der Waals surface area contributed by atoms with Crippen LogP contribution >= 0.6 is 0 Å². The van der Waals surface area contributed by atoms with Crippen molar-refractivity contribution in [2.45, 2.75) is 66.7 Å². The quantitative estimate of drug-likeness (QED) is 0.233. The van der Waals surface area contributed by atoms with Gasteiger partial charge in [-0.25, -0.2) is 0 Å². The standard InChI is InChI=1S/C35H36O2.C2H6/c1-34(2,3)30-21-25(22-15-17-26(36)18-16-22)20-29(33(30)37)32(35(4,5)6)31-27-13-9-7-11-23(27)19-24-12-8-10-14-28(24)31;1-2/h7-21,32,36-37H,1-6H3;1-2H3. The SMILES string of the molecule is CC.CC(C)(C)c1cc(-c2ccc(O)cc2)cc(C(c2c3ccccc3cc3ccccc23)C(C)(C)C)c1O. The molecule has 2 N–H and O–H groups in total. The van der Waals surface area contributed by atoms with Crippen LogP contribution in [0.15, 0.2) is 91.0 Å². The summed E-state index contributed by atoms with van der Waals surface area (Å²) in [5.74, 6) is 0.544. The first-order valence-corrected chi connectivity index (χ1v) is 14.0. The van der Waals surface area contributed by atoms with Gasteiger partial charge in [-0.1, -0.05) is 116 Å². The molecule has 0 aliphatic rings. The maximum atomic E-state index is 11.9. The van der Waals surface area contributed by atoms with Crippen molar-refractivity contribution in [3.8, 4) is 22.6 Å². The second-order valence-electron chi connectivity index (χ2n) is 12.3. The van der Waals surface area contributed by atoms with E-state index >= 15 is 0 Å². The van der Waals surface area contributed by atoms with E-state index in [1.807, 2.05) is 26.0 Å². The highest BCUT2D eigenvalue weighted by molar-refractivity contribution is 6.03. The van der Waals surface area contributed by atoms with Gasteiger partial charge in [0.15, 0.2) is 0 Å². The Morgan fingerprint density at radius 3 is 1.59 bits per heavy atom. The molecule has 0 amide bonds. The van der Waals surface area contributed by atoms with E-state index in [0.29, 0.717) is 5.75 Å². The van der Waals surface area contributed by atoms with Crippen LogP contribution in [0.2, 0.25) is 0 Å². The Morgan fingerprint density at radius 2 is 1.10 bits per heavy atom. The molecule has 5 aromatic rings. The van der Waals surface area contributed by atoms with Gasteiger partial charge in [-0.2, -0.15) is 0 Å². The first-order valence-electron chi connectivity index (χ1n) is 14.0. The zero-order valence-electron chi connectivity index (χ0n) is 24.6. The molecule has 0 aromatic heterocycles. The summed E-state index contributed by atoms with van der Waals surface area (Å²) in [5, 5.41) is 26.7. The number of rotatable bonds is 3. The fourth-order valence-corrected chi connectivity index (χ4v) is 5.68. The van der Waals surface area contributed by atoms with Gasteiger partial charge in [0.2, 0.25) is 0 Å². The average molecular weight is 519 g/mol. The number of benzene rings is 5. The summed E-state index contributed by atoms with van der Waals surface area (Å²) in [6, 6.07) is 31.0. The van der Waals surface area contributed by atoms with Gasteiger partial charge in [0.25, 0.3) is 0 Å². The van der Waals surface area contributed by atoms with E-state index in [0.717, 1.165) is 22.3 Å². The minimum absolute atomic E-state index is 0.0679. The highest BCUT2D eigenvalue weighted by atomic mass is 16.3. The van der Waals surface area contributed by atoms with Gasteiger partial charge in [0, 0.05) is 17.0 Å². The van der Waals surface area contributed by atoms with Gasteiger partial charge in [-0.3, -0.25) is 0 Å². The third-order valence-electron chi connectivity index (χ3n) is 7.43. The van der Waals surface area contributed by atoms with Crippen LogP contribution in [-0.2, 0) is 5.41 Å². The minimum atomic E-state index is -0.255. The van der Waals surface area contributed by atoms with E-state index in [1.165, 1.54) is 27.1 Å².